The third-order valence-electron chi connectivity index (χ3n) is 4.68. The van der Waals surface area contributed by atoms with Crippen LogP contribution in [-0.2, 0) is 22.7 Å². The molecule has 0 aliphatic rings. The smallest absolute Gasteiger partial charge is 0.332 e. The van der Waals surface area contributed by atoms with Gasteiger partial charge < -0.3 is 15.1 Å². The van der Waals surface area contributed by atoms with E-state index < -0.39 is 29.6 Å². The lowest BCUT2D eigenvalue weighted by atomic mass is 10.2. The van der Waals surface area contributed by atoms with Crippen LogP contribution in [-0.4, -0.2) is 28.0 Å². The van der Waals surface area contributed by atoms with Gasteiger partial charge in [-0.1, -0.05) is 30.3 Å². The van der Waals surface area contributed by atoms with E-state index in [-0.39, 0.29) is 17.6 Å². The first-order valence-corrected chi connectivity index (χ1v) is 9.20. The Balaban J connectivity index is 1.89. The normalized spacial score (nSPS) is 11.0. The number of anilines is 1. The van der Waals surface area contributed by atoms with E-state index in [0.29, 0.717) is 16.7 Å². The zero-order chi connectivity index (χ0) is 21.3. The molecule has 152 valence electrons. The van der Waals surface area contributed by atoms with E-state index in [4.69, 9.17) is 4.42 Å². The van der Waals surface area contributed by atoms with Crippen molar-refractivity contribution in [3.05, 3.63) is 75.4 Å². The van der Waals surface area contributed by atoms with Gasteiger partial charge in [0.1, 0.15) is 24.2 Å². The molecular weight excluding hydrogens is 388 g/mol. The Bertz CT molecular complexity index is 1380. The molecule has 0 aliphatic carbocycles. The molecule has 0 radical (unpaired) electrons. The predicted molar refractivity (Wildman–Crippen MR) is 111 cm³/mol. The lowest BCUT2D eigenvalue weighted by molar-refractivity contribution is -0.121. The molecule has 0 atom stereocenters. The van der Waals surface area contributed by atoms with Gasteiger partial charge >= 0.3 is 5.69 Å². The van der Waals surface area contributed by atoms with Gasteiger partial charge in [-0.15, -0.1) is 0 Å². The highest BCUT2D eigenvalue weighted by Gasteiger charge is 2.22. The molecule has 2 aromatic heterocycles. The number of rotatable bonds is 5. The average Bonchev–Trinajstić information content (AvgIpc) is 3.14. The van der Waals surface area contributed by atoms with Gasteiger partial charge in [0.15, 0.2) is 0 Å². The summed E-state index contributed by atoms with van der Waals surface area (Å²) < 4.78 is 7.60. The fourth-order valence-electron chi connectivity index (χ4n) is 3.27. The SMILES string of the molecule is CNC(=O)Cn1c(=O)c2oc3ccccc3c2n(CC(=O)Nc2ccccc2)c1=O. The van der Waals surface area contributed by atoms with Gasteiger partial charge in [0, 0.05) is 18.1 Å². The Hall–Kier alpha value is -4.14. The number of carbonyl (C=O) groups excluding carboxylic acids is 2. The third-order valence-corrected chi connectivity index (χ3v) is 4.68. The summed E-state index contributed by atoms with van der Waals surface area (Å²) in [5.74, 6) is -0.982. The highest BCUT2D eigenvalue weighted by Crippen LogP contribution is 2.25. The van der Waals surface area contributed by atoms with Crippen LogP contribution in [0.25, 0.3) is 22.1 Å². The first-order chi connectivity index (χ1) is 14.5. The lowest BCUT2D eigenvalue weighted by Gasteiger charge is -2.12. The average molecular weight is 406 g/mol. The Labute approximate surface area is 169 Å². The summed E-state index contributed by atoms with van der Waals surface area (Å²) in [4.78, 5) is 50.5. The molecule has 30 heavy (non-hydrogen) atoms. The van der Waals surface area contributed by atoms with Gasteiger partial charge in [0.2, 0.25) is 17.4 Å². The van der Waals surface area contributed by atoms with Crippen LogP contribution < -0.4 is 21.9 Å². The molecule has 2 N–H and O–H groups in total. The number of fused-ring (bicyclic) bond motifs is 3. The molecule has 2 heterocycles. The topological polar surface area (TPSA) is 115 Å². The molecule has 0 saturated heterocycles. The fraction of sp³-hybridized carbons (Fsp3) is 0.143. The zero-order valence-electron chi connectivity index (χ0n) is 16.0. The number of amides is 2. The maximum Gasteiger partial charge on any atom is 0.332 e. The number of likely N-dealkylation sites (N-methyl/N-ethyl adjacent to an activating group) is 1. The molecule has 0 bridgehead atoms. The fourth-order valence-corrected chi connectivity index (χ4v) is 3.27. The van der Waals surface area contributed by atoms with Crippen LogP contribution in [0.5, 0.6) is 0 Å². The predicted octanol–water partition coefficient (Wildman–Crippen LogP) is 1.29. The van der Waals surface area contributed by atoms with E-state index in [9.17, 15) is 19.2 Å². The first-order valence-electron chi connectivity index (χ1n) is 9.20. The summed E-state index contributed by atoms with van der Waals surface area (Å²) in [6.07, 6.45) is 0. The van der Waals surface area contributed by atoms with Crippen LogP contribution in [0.15, 0.2) is 68.6 Å². The van der Waals surface area contributed by atoms with E-state index in [1.165, 1.54) is 7.05 Å². The van der Waals surface area contributed by atoms with Crippen LogP contribution in [0.4, 0.5) is 5.69 Å². The lowest BCUT2D eigenvalue weighted by Crippen LogP contribution is -2.44. The molecule has 2 aromatic carbocycles. The number of benzene rings is 2. The number of aromatic nitrogens is 2. The highest BCUT2D eigenvalue weighted by molar-refractivity contribution is 6.03. The molecular formula is C21H18N4O5. The Kier molecular flexibility index (Phi) is 4.93. The van der Waals surface area contributed by atoms with Crippen LogP contribution in [0.1, 0.15) is 0 Å². The Morgan fingerprint density at radius 2 is 1.57 bits per heavy atom. The maximum absolute atomic E-state index is 13.1. The molecule has 9 heteroatoms. The third kappa shape index (κ3) is 3.37. The van der Waals surface area contributed by atoms with E-state index in [1.54, 1.807) is 48.5 Å². The summed E-state index contributed by atoms with van der Waals surface area (Å²) in [6, 6.07) is 15.6. The number of hydrogen-bond donors (Lipinski definition) is 2. The van der Waals surface area contributed by atoms with Gasteiger partial charge in [-0.05, 0) is 24.3 Å². The summed E-state index contributed by atoms with van der Waals surface area (Å²) in [6.45, 7) is -0.844. The molecule has 0 saturated carbocycles. The van der Waals surface area contributed by atoms with Crippen molar-refractivity contribution >= 4 is 39.6 Å². The quantitative estimate of drug-likeness (QED) is 0.518. The number of para-hydroxylation sites is 2. The van der Waals surface area contributed by atoms with Crippen LogP contribution in [0.3, 0.4) is 0 Å². The number of carbonyl (C=O) groups is 2. The van der Waals surface area contributed by atoms with Crippen molar-refractivity contribution in [2.24, 2.45) is 0 Å². The molecule has 0 spiro atoms. The summed E-state index contributed by atoms with van der Waals surface area (Å²) in [7, 11) is 1.40. The summed E-state index contributed by atoms with van der Waals surface area (Å²) in [5, 5.41) is 5.62. The molecule has 0 unspecified atom stereocenters. The van der Waals surface area contributed by atoms with Crippen molar-refractivity contribution in [3.63, 3.8) is 0 Å². The first kappa shape index (κ1) is 19.2. The van der Waals surface area contributed by atoms with Gasteiger partial charge in [0.25, 0.3) is 5.56 Å². The van der Waals surface area contributed by atoms with Crippen molar-refractivity contribution in [1.29, 1.82) is 0 Å². The van der Waals surface area contributed by atoms with E-state index in [2.05, 4.69) is 10.6 Å². The van der Waals surface area contributed by atoms with Crippen molar-refractivity contribution in [3.8, 4) is 0 Å². The van der Waals surface area contributed by atoms with Crippen molar-refractivity contribution < 1.29 is 14.0 Å². The monoisotopic (exact) mass is 406 g/mol. The Morgan fingerprint density at radius 3 is 2.30 bits per heavy atom. The van der Waals surface area contributed by atoms with E-state index in [1.807, 2.05) is 6.07 Å². The van der Waals surface area contributed by atoms with Crippen LogP contribution in [0.2, 0.25) is 0 Å². The van der Waals surface area contributed by atoms with Crippen LogP contribution >= 0.6 is 0 Å². The van der Waals surface area contributed by atoms with E-state index >= 15 is 0 Å². The number of nitrogens with one attached hydrogen (secondary N) is 2. The Morgan fingerprint density at radius 1 is 0.900 bits per heavy atom. The molecule has 2 amide bonds. The van der Waals surface area contributed by atoms with E-state index in [0.717, 1.165) is 9.13 Å². The molecule has 4 rings (SSSR count). The minimum Gasteiger partial charge on any atom is -0.449 e. The maximum atomic E-state index is 13.1. The molecule has 4 aromatic rings. The largest absolute Gasteiger partial charge is 0.449 e. The number of hydrogen-bond acceptors (Lipinski definition) is 5. The van der Waals surface area contributed by atoms with Crippen LogP contribution in [0, 0.1) is 0 Å². The van der Waals surface area contributed by atoms with Crippen molar-refractivity contribution in [2.75, 3.05) is 12.4 Å². The summed E-state index contributed by atoms with van der Waals surface area (Å²) in [5.41, 5.74) is -0.397. The second kappa shape index (κ2) is 7.70. The minimum atomic E-state index is -0.772. The number of nitrogens with zero attached hydrogens (tertiary/aromatic N) is 2. The van der Waals surface area contributed by atoms with Gasteiger partial charge in [-0.25, -0.2) is 9.36 Å². The summed E-state index contributed by atoms with van der Waals surface area (Å²) >= 11 is 0. The van der Waals surface area contributed by atoms with Gasteiger partial charge in [0.05, 0.1) is 0 Å². The zero-order valence-corrected chi connectivity index (χ0v) is 16.0. The minimum absolute atomic E-state index is 0.0905. The van der Waals surface area contributed by atoms with Gasteiger partial charge in [-0.3, -0.25) is 19.0 Å². The molecule has 9 nitrogen and oxygen atoms in total. The second-order valence-electron chi connectivity index (χ2n) is 6.62. The standard InChI is InChI=1S/C21H18N4O5/c1-22-16(26)11-25-20(28)19-18(14-9-5-6-10-15(14)30-19)24(21(25)29)12-17(27)23-13-7-3-2-4-8-13/h2-10H,11-12H2,1H3,(H,22,26)(H,23,27). The molecule has 0 aliphatic heterocycles. The number of furan rings is 1. The van der Waals surface area contributed by atoms with Gasteiger partial charge in [-0.2, -0.15) is 0 Å². The second-order valence-corrected chi connectivity index (χ2v) is 6.62. The van der Waals surface area contributed by atoms with Crippen molar-refractivity contribution in [2.45, 2.75) is 13.1 Å². The van der Waals surface area contributed by atoms with Crippen molar-refractivity contribution in [1.82, 2.24) is 14.5 Å². The highest BCUT2D eigenvalue weighted by atomic mass is 16.3. The molecule has 0 fully saturated rings.